The third-order valence-corrected chi connectivity index (χ3v) is 5.00. The van der Waals surface area contributed by atoms with Gasteiger partial charge in [-0.25, -0.2) is 0 Å². The summed E-state index contributed by atoms with van der Waals surface area (Å²) in [5, 5.41) is 31.6. The van der Waals surface area contributed by atoms with Gasteiger partial charge >= 0.3 is 5.97 Å². The zero-order valence-corrected chi connectivity index (χ0v) is 19.5. The predicted molar refractivity (Wildman–Crippen MR) is 134 cm³/mol. The molecule has 11 nitrogen and oxygen atoms in total. The van der Waals surface area contributed by atoms with Crippen LogP contribution in [0.1, 0.15) is 17.3 Å². The Bertz CT molecular complexity index is 1230. The van der Waals surface area contributed by atoms with Crippen LogP contribution in [0.5, 0.6) is 0 Å². The highest BCUT2D eigenvalue weighted by Crippen LogP contribution is 2.32. The van der Waals surface area contributed by atoms with Crippen molar-refractivity contribution in [3.8, 4) is 0 Å². The fourth-order valence-corrected chi connectivity index (χ4v) is 3.23. The zero-order valence-electron chi connectivity index (χ0n) is 19.5. The zero-order chi connectivity index (χ0) is 25.9. The van der Waals surface area contributed by atoms with Gasteiger partial charge in [-0.05, 0) is 42.5 Å². The number of amides is 1. The summed E-state index contributed by atoms with van der Waals surface area (Å²) in [4.78, 5) is 36.1. The SMILES string of the molecule is CC(=O)OCCN(CCO)c1ccc(N=Nc2ccc([N+](=O)[O-])cc2)c(NC(=O)c2ccccc2)c1. The predicted octanol–water partition coefficient (Wildman–Crippen LogP) is 4.62. The normalized spacial score (nSPS) is 10.7. The molecule has 0 radical (unpaired) electrons. The number of ether oxygens (including phenoxy) is 1. The molecular formula is C25H25N5O6. The molecule has 3 rings (SSSR count). The van der Waals surface area contributed by atoms with E-state index in [-0.39, 0.29) is 31.4 Å². The molecule has 0 atom stereocenters. The molecule has 0 aliphatic heterocycles. The maximum atomic E-state index is 12.8. The van der Waals surface area contributed by atoms with E-state index in [4.69, 9.17) is 4.74 Å². The second kappa shape index (κ2) is 12.7. The Labute approximate surface area is 207 Å². The summed E-state index contributed by atoms with van der Waals surface area (Å²) in [6.07, 6.45) is 0. The van der Waals surface area contributed by atoms with Crippen molar-refractivity contribution in [3.05, 3.63) is 88.5 Å². The van der Waals surface area contributed by atoms with Crippen LogP contribution in [-0.2, 0) is 9.53 Å². The van der Waals surface area contributed by atoms with Gasteiger partial charge in [0.25, 0.3) is 11.6 Å². The summed E-state index contributed by atoms with van der Waals surface area (Å²) < 4.78 is 5.02. The maximum Gasteiger partial charge on any atom is 0.302 e. The second-order valence-electron chi connectivity index (χ2n) is 7.55. The molecule has 0 aliphatic rings. The lowest BCUT2D eigenvalue weighted by molar-refractivity contribution is -0.384. The molecule has 0 aliphatic carbocycles. The van der Waals surface area contributed by atoms with Gasteiger partial charge in [-0.2, -0.15) is 5.11 Å². The molecule has 1 amide bonds. The number of carbonyl (C=O) groups excluding carboxylic acids is 2. The average molecular weight is 492 g/mol. The van der Waals surface area contributed by atoms with Crippen molar-refractivity contribution in [1.29, 1.82) is 0 Å². The van der Waals surface area contributed by atoms with Crippen LogP contribution in [0.2, 0.25) is 0 Å². The summed E-state index contributed by atoms with van der Waals surface area (Å²) >= 11 is 0. The molecule has 0 bridgehead atoms. The smallest absolute Gasteiger partial charge is 0.302 e. The van der Waals surface area contributed by atoms with E-state index in [2.05, 4.69) is 15.5 Å². The van der Waals surface area contributed by atoms with Crippen molar-refractivity contribution < 1.29 is 24.4 Å². The number of aliphatic hydroxyl groups is 1. The first kappa shape index (κ1) is 26.0. The largest absolute Gasteiger partial charge is 0.464 e. The molecule has 0 fully saturated rings. The minimum absolute atomic E-state index is 0.0631. The topological polar surface area (TPSA) is 147 Å². The number of benzene rings is 3. The van der Waals surface area contributed by atoms with Crippen molar-refractivity contribution in [3.63, 3.8) is 0 Å². The third-order valence-electron chi connectivity index (χ3n) is 5.00. The molecule has 186 valence electrons. The Morgan fingerprint density at radius 3 is 2.39 bits per heavy atom. The van der Waals surface area contributed by atoms with Crippen molar-refractivity contribution in [2.75, 3.05) is 36.5 Å². The quantitative estimate of drug-likeness (QED) is 0.172. The molecular weight excluding hydrogens is 466 g/mol. The Morgan fingerprint density at radius 1 is 1.03 bits per heavy atom. The summed E-state index contributed by atoms with van der Waals surface area (Å²) in [6, 6.07) is 19.3. The standard InChI is InChI=1S/C25H25N5O6/c1-18(32)36-16-14-29(13-15-31)22-11-12-23(28-27-20-7-9-21(10-8-20)30(34)35)24(17-22)26-25(33)19-5-3-2-4-6-19/h2-12,17,31H,13-16H2,1H3,(H,26,33). The van der Waals surface area contributed by atoms with Gasteiger partial charge in [-0.1, -0.05) is 18.2 Å². The Morgan fingerprint density at radius 2 is 1.75 bits per heavy atom. The lowest BCUT2D eigenvalue weighted by Crippen LogP contribution is -2.30. The van der Waals surface area contributed by atoms with Crippen molar-refractivity contribution >= 4 is 40.3 Å². The molecule has 11 heteroatoms. The van der Waals surface area contributed by atoms with E-state index in [0.29, 0.717) is 34.9 Å². The number of aliphatic hydroxyl groups excluding tert-OH is 1. The van der Waals surface area contributed by atoms with Gasteiger partial charge in [0.05, 0.1) is 29.4 Å². The number of nitro groups is 1. The molecule has 0 heterocycles. The van der Waals surface area contributed by atoms with E-state index in [1.807, 2.05) is 0 Å². The summed E-state index contributed by atoms with van der Waals surface area (Å²) in [5.74, 6) is -0.759. The second-order valence-corrected chi connectivity index (χ2v) is 7.55. The van der Waals surface area contributed by atoms with Crippen molar-refractivity contribution in [2.45, 2.75) is 6.92 Å². The first-order chi connectivity index (χ1) is 17.4. The molecule has 0 saturated heterocycles. The summed E-state index contributed by atoms with van der Waals surface area (Å²) in [5.41, 5.74) is 2.16. The first-order valence-corrected chi connectivity index (χ1v) is 11.0. The van der Waals surface area contributed by atoms with Crippen LogP contribution >= 0.6 is 0 Å². The van der Waals surface area contributed by atoms with Crippen molar-refractivity contribution in [1.82, 2.24) is 0 Å². The van der Waals surface area contributed by atoms with Crippen molar-refractivity contribution in [2.24, 2.45) is 10.2 Å². The number of carbonyl (C=O) groups is 2. The third kappa shape index (κ3) is 7.43. The van der Waals surface area contributed by atoms with Crippen LogP contribution in [0, 0.1) is 10.1 Å². The number of hydrogen-bond donors (Lipinski definition) is 2. The molecule has 0 aromatic heterocycles. The highest BCUT2D eigenvalue weighted by molar-refractivity contribution is 6.06. The lowest BCUT2D eigenvalue weighted by atomic mass is 10.2. The minimum atomic E-state index is -0.504. The van der Waals surface area contributed by atoms with Crippen LogP contribution in [0.4, 0.5) is 28.4 Å². The molecule has 0 spiro atoms. The van der Waals surface area contributed by atoms with Gasteiger partial charge in [0.2, 0.25) is 0 Å². The maximum absolute atomic E-state index is 12.8. The van der Waals surface area contributed by atoms with Gasteiger partial charge < -0.3 is 20.1 Å². The van der Waals surface area contributed by atoms with Crippen LogP contribution in [0.15, 0.2) is 83.0 Å². The highest BCUT2D eigenvalue weighted by Gasteiger charge is 2.14. The van der Waals surface area contributed by atoms with Crippen LogP contribution in [0.25, 0.3) is 0 Å². The first-order valence-electron chi connectivity index (χ1n) is 11.0. The molecule has 36 heavy (non-hydrogen) atoms. The fourth-order valence-electron chi connectivity index (χ4n) is 3.23. The van der Waals surface area contributed by atoms with Gasteiger partial charge in [0, 0.05) is 36.9 Å². The van der Waals surface area contributed by atoms with Crippen LogP contribution in [-0.4, -0.2) is 48.2 Å². The highest BCUT2D eigenvalue weighted by atomic mass is 16.6. The number of anilines is 2. The number of non-ortho nitro benzene ring substituents is 1. The number of rotatable bonds is 11. The van der Waals surface area contributed by atoms with E-state index < -0.39 is 10.9 Å². The number of azo groups is 1. The van der Waals surface area contributed by atoms with E-state index in [9.17, 15) is 24.8 Å². The molecule has 3 aromatic rings. The molecule has 3 aromatic carbocycles. The van der Waals surface area contributed by atoms with Gasteiger partial charge in [-0.3, -0.25) is 19.7 Å². The Balaban J connectivity index is 1.91. The van der Waals surface area contributed by atoms with E-state index in [0.717, 1.165) is 0 Å². The average Bonchev–Trinajstić information content (AvgIpc) is 2.88. The van der Waals surface area contributed by atoms with Gasteiger partial charge in [0.15, 0.2) is 0 Å². The number of nitrogens with zero attached hydrogens (tertiary/aromatic N) is 4. The number of nitro benzene ring substituents is 1. The number of hydrogen-bond acceptors (Lipinski definition) is 9. The van der Waals surface area contributed by atoms with Gasteiger partial charge in [-0.15, -0.1) is 5.11 Å². The minimum Gasteiger partial charge on any atom is -0.464 e. The monoisotopic (exact) mass is 491 g/mol. The van der Waals surface area contributed by atoms with E-state index >= 15 is 0 Å². The number of esters is 1. The van der Waals surface area contributed by atoms with Crippen LogP contribution < -0.4 is 10.2 Å². The molecule has 0 saturated carbocycles. The van der Waals surface area contributed by atoms with Crippen LogP contribution in [0.3, 0.4) is 0 Å². The number of nitrogens with one attached hydrogen (secondary N) is 1. The summed E-state index contributed by atoms with van der Waals surface area (Å²) in [6.45, 7) is 1.92. The molecule has 0 unspecified atom stereocenters. The summed E-state index contributed by atoms with van der Waals surface area (Å²) in [7, 11) is 0. The van der Waals surface area contributed by atoms with E-state index in [1.54, 1.807) is 53.4 Å². The van der Waals surface area contributed by atoms with Gasteiger partial charge in [0.1, 0.15) is 12.3 Å². The Kier molecular flexibility index (Phi) is 9.18. The van der Waals surface area contributed by atoms with E-state index in [1.165, 1.54) is 31.2 Å². The molecule has 2 N–H and O–H groups in total. The lowest BCUT2D eigenvalue weighted by Gasteiger charge is -2.24. The fraction of sp³-hybridized carbons (Fsp3) is 0.200. The Hall–Kier alpha value is -4.64.